The van der Waals surface area contributed by atoms with E-state index in [1.54, 1.807) is 30.5 Å². The van der Waals surface area contributed by atoms with Crippen LogP contribution in [0.2, 0.25) is 0 Å². The van der Waals surface area contributed by atoms with Crippen molar-refractivity contribution in [1.82, 2.24) is 14.3 Å². The number of thioether (sulfide) groups is 1. The fourth-order valence-corrected chi connectivity index (χ4v) is 3.84. The molecule has 6 nitrogen and oxygen atoms in total. The zero-order chi connectivity index (χ0) is 19.6. The number of carbonyl (C=O) groups excluding carboxylic acids is 1. The molecule has 1 fully saturated rings. The number of fused-ring (bicyclic) bond motifs is 1. The molecule has 1 aliphatic rings. The minimum absolute atomic E-state index is 0.225. The van der Waals surface area contributed by atoms with Gasteiger partial charge in [-0.25, -0.2) is 4.98 Å². The van der Waals surface area contributed by atoms with Gasteiger partial charge in [-0.3, -0.25) is 18.9 Å². The van der Waals surface area contributed by atoms with Crippen molar-refractivity contribution in [2.75, 3.05) is 18.4 Å². The second-order valence-corrected chi connectivity index (χ2v) is 8.14. The minimum Gasteiger partial charge on any atom is -0.369 e. The number of hydrogen-bond acceptors (Lipinski definition) is 6. The fourth-order valence-electron chi connectivity index (χ4n) is 2.59. The van der Waals surface area contributed by atoms with Crippen molar-refractivity contribution in [3.63, 3.8) is 0 Å². The third-order valence-corrected chi connectivity index (χ3v) is 5.29. The number of nitrogens with one attached hydrogen (secondary N) is 1. The van der Waals surface area contributed by atoms with Crippen LogP contribution in [0.5, 0.6) is 0 Å². The third-order valence-electron chi connectivity index (χ3n) is 3.91. The standard InChI is InChI=1S/C19H20N4O2S2/c1-4-8-23-18(25)14(27-19(23)26)10-13-16(20-11-12(2)3)21-15-7-5-6-9-22(15)17(13)24/h4-7,9-10,12,20H,1,8,11H2,2-3H3/b14-10+. The van der Waals surface area contributed by atoms with Gasteiger partial charge in [0, 0.05) is 19.3 Å². The lowest BCUT2D eigenvalue weighted by molar-refractivity contribution is -0.121. The Bertz CT molecular complexity index is 1010. The molecule has 0 aliphatic carbocycles. The Labute approximate surface area is 167 Å². The number of carbonyl (C=O) groups is 1. The molecule has 140 valence electrons. The molecule has 3 heterocycles. The van der Waals surface area contributed by atoms with E-state index in [9.17, 15) is 9.59 Å². The molecule has 0 aromatic carbocycles. The average molecular weight is 401 g/mol. The van der Waals surface area contributed by atoms with E-state index in [0.29, 0.717) is 45.3 Å². The van der Waals surface area contributed by atoms with E-state index in [4.69, 9.17) is 12.2 Å². The number of thiocarbonyl (C=S) groups is 1. The maximum absolute atomic E-state index is 13.0. The third kappa shape index (κ3) is 3.96. The molecule has 0 saturated carbocycles. The lowest BCUT2D eigenvalue weighted by Crippen LogP contribution is -2.28. The smallest absolute Gasteiger partial charge is 0.267 e. The van der Waals surface area contributed by atoms with Crippen molar-refractivity contribution in [1.29, 1.82) is 0 Å². The van der Waals surface area contributed by atoms with Crippen molar-refractivity contribution in [2.45, 2.75) is 13.8 Å². The Morgan fingerprint density at radius 1 is 1.37 bits per heavy atom. The van der Waals surface area contributed by atoms with Gasteiger partial charge in [-0.05, 0) is 24.1 Å². The quantitative estimate of drug-likeness (QED) is 0.456. The van der Waals surface area contributed by atoms with Gasteiger partial charge in [0.15, 0.2) is 0 Å². The summed E-state index contributed by atoms with van der Waals surface area (Å²) in [6.45, 7) is 8.79. The molecular formula is C19H20N4O2S2. The highest BCUT2D eigenvalue weighted by atomic mass is 32.2. The molecule has 1 aliphatic heterocycles. The maximum Gasteiger partial charge on any atom is 0.267 e. The van der Waals surface area contributed by atoms with E-state index < -0.39 is 0 Å². The summed E-state index contributed by atoms with van der Waals surface area (Å²) in [6, 6.07) is 5.37. The van der Waals surface area contributed by atoms with Crippen LogP contribution in [-0.4, -0.2) is 37.6 Å². The highest BCUT2D eigenvalue weighted by molar-refractivity contribution is 8.26. The predicted octanol–water partition coefficient (Wildman–Crippen LogP) is 3.15. The Hall–Kier alpha value is -2.45. The molecule has 27 heavy (non-hydrogen) atoms. The number of pyridine rings is 1. The Morgan fingerprint density at radius 2 is 2.15 bits per heavy atom. The molecule has 3 rings (SSSR count). The van der Waals surface area contributed by atoms with Gasteiger partial charge in [-0.1, -0.05) is 50.0 Å². The van der Waals surface area contributed by atoms with Gasteiger partial charge in [0.1, 0.15) is 15.8 Å². The number of anilines is 1. The molecule has 0 spiro atoms. The maximum atomic E-state index is 13.0. The van der Waals surface area contributed by atoms with Crippen LogP contribution in [0.1, 0.15) is 19.4 Å². The molecule has 1 saturated heterocycles. The van der Waals surface area contributed by atoms with Crippen LogP contribution in [0.15, 0.2) is 46.8 Å². The van der Waals surface area contributed by atoms with Gasteiger partial charge < -0.3 is 5.32 Å². The van der Waals surface area contributed by atoms with Crippen LogP contribution >= 0.6 is 24.0 Å². The number of rotatable bonds is 6. The zero-order valence-electron chi connectivity index (χ0n) is 15.1. The second-order valence-electron chi connectivity index (χ2n) is 6.46. The molecule has 2 aromatic rings. The van der Waals surface area contributed by atoms with Crippen molar-refractivity contribution in [3.8, 4) is 0 Å². The lowest BCUT2D eigenvalue weighted by Gasteiger charge is -2.13. The molecule has 2 aromatic heterocycles. The molecule has 1 amide bonds. The van der Waals surface area contributed by atoms with E-state index in [1.807, 2.05) is 6.07 Å². The summed E-state index contributed by atoms with van der Waals surface area (Å²) >= 11 is 6.45. The molecule has 0 atom stereocenters. The number of nitrogens with zero attached hydrogens (tertiary/aromatic N) is 3. The van der Waals surface area contributed by atoms with E-state index in [1.165, 1.54) is 21.1 Å². The Kier molecular flexibility index (Phi) is 5.76. The van der Waals surface area contributed by atoms with E-state index >= 15 is 0 Å². The Balaban J connectivity index is 2.12. The molecule has 8 heteroatoms. The van der Waals surface area contributed by atoms with Crippen molar-refractivity contribution >= 4 is 51.7 Å². The van der Waals surface area contributed by atoms with Crippen LogP contribution in [0.3, 0.4) is 0 Å². The normalized spacial score (nSPS) is 16.0. The lowest BCUT2D eigenvalue weighted by atomic mass is 10.2. The first kappa shape index (κ1) is 19.3. The highest BCUT2D eigenvalue weighted by Crippen LogP contribution is 2.32. The predicted molar refractivity (Wildman–Crippen MR) is 115 cm³/mol. The van der Waals surface area contributed by atoms with Gasteiger partial charge >= 0.3 is 0 Å². The summed E-state index contributed by atoms with van der Waals surface area (Å²) in [5.74, 6) is 0.617. The number of amides is 1. The van der Waals surface area contributed by atoms with E-state index in [0.717, 1.165) is 0 Å². The summed E-state index contributed by atoms with van der Waals surface area (Å²) in [5.41, 5.74) is 0.657. The second kappa shape index (κ2) is 8.06. The monoisotopic (exact) mass is 400 g/mol. The van der Waals surface area contributed by atoms with E-state index in [2.05, 4.69) is 30.7 Å². The summed E-state index contributed by atoms with van der Waals surface area (Å²) in [7, 11) is 0. The topological polar surface area (TPSA) is 66.7 Å². The van der Waals surface area contributed by atoms with Crippen molar-refractivity contribution in [3.05, 3.63) is 57.9 Å². The minimum atomic E-state index is -0.235. The van der Waals surface area contributed by atoms with Crippen LogP contribution in [0.25, 0.3) is 11.7 Å². The summed E-state index contributed by atoms with van der Waals surface area (Å²) in [4.78, 5) is 32.1. The SMILES string of the molecule is C=CCN1C(=O)/C(=C\c2c(NCC(C)C)nc3ccccn3c2=O)SC1=S. The van der Waals surface area contributed by atoms with Gasteiger partial charge in [0.05, 0.1) is 10.5 Å². The molecular weight excluding hydrogens is 380 g/mol. The molecule has 1 N–H and O–H groups in total. The summed E-state index contributed by atoms with van der Waals surface area (Å²) in [5, 5.41) is 3.23. The fraction of sp³-hybridized carbons (Fsp3) is 0.263. The zero-order valence-corrected chi connectivity index (χ0v) is 16.8. The largest absolute Gasteiger partial charge is 0.369 e. The first-order valence-corrected chi connectivity index (χ1v) is 9.76. The highest BCUT2D eigenvalue weighted by Gasteiger charge is 2.31. The van der Waals surface area contributed by atoms with Gasteiger partial charge in [-0.2, -0.15) is 0 Å². The van der Waals surface area contributed by atoms with Gasteiger partial charge in [-0.15, -0.1) is 6.58 Å². The van der Waals surface area contributed by atoms with Crippen LogP contribution in [0, 0.1) is 5.92 Å². The molecule has 0 unspecified atom stereocenters. The van der Waals surface area contributed by atoms with Gasteiger partial charge in [0.25, 0.3) is 11.5 Å². The molecule has 0 radical (unpaired) electrons. The summed E-state index contributed by atoms with van der Waals surface area (Å²) in [6.07, 6.45) is 4.87. The van der Waals surface area contributed by atoms with Crippen LogP contribution in [0.4, 0.5) is 5.82 Å². The first-order chi connectivity index (χ1) is 12.9. The summed E-state index contributed by atoms with van der Waals surface area (Å²) < 4.78 is 1.92. The number of hydrogen-bond donors (Lipinski definition) is 1. The average Bonchev–Trinajstić information content (AvgIpc) is 2.90. The number of aromatic nitrogens is 2. The van der Waals surface area contributed by atoms with Crippen molar-refractivity contribution in [2.24, 2.45) is 5.92 Å². The molecule has 0 bridgehead atoms. The van der Waals surface area contributed by atoms with Gasteiger partial charge in [0.2, 0.25) is 0 Å². The Morgan fingerprint density at radius 3 is 2.85 bits per heavy atom. The van der Waals surface area contributed by atoms with Crippen LogP contribution < -0.4 is 10.9 Å². The van der Waals surface area contributed by atoms with Crippen molar-refractivity contribution < 1.29 is 4.79 Å². The van der Waals surface area contributed by atoms with E-state index in [-0.39, 0.29) is 11.5 Å². The van der Waals surface area contributed by atoms with Crippen LogP contribution in [-0.2, 0) is 4.79 Å². The first-order valence-electron chi connectivity index (χ1n) is 8.54.